The lowest BCUT2D eigenvalue weighted by Crippen LogP contribution is -2.33. The molecule has 2 aliphatic heterocycles. The number of hydrogen-bond donors (Lipinski definition) is 2. The van der Waals surface area contributed by atoms with E-state index in [0.717, 1.165) is 83.1 Å². The van der Waals surface area contributed by atoms with E-state index in [2.05, 4.69) is 51.6 Å². The van der Waals surface area contributed by atoms with Gasteiger partial charge in [-0.2, -0.15) is 5.10 Å². The third kappa shape index (κ3) is 3.93. The number of aryl methyl sites for hydroxylation is 1. The van der Waals surface area contributed by atoms with Gasteiger partial charge in [-0.1, -0.05) is 25.6 Å². The molecule has 6 rings (SSSR count). The van der Waals surface area contributed by atoms with Gasteiger partial charge in [0.15, 0.2) is 5.82 Å². The molecule has 180 valence electrons. The summed E-state index contributed by atoms with van der Waals surface area (Å²) in [4.78, 5) is 13.2. The van der Waals surface area contributed by atoms with Crippen LogP contribution in [0.2, 0.25) is 0 Å². The number of imidazole rings is 1. The van der Waals surface area contributed by atoms with E-state index in [1.54, 1.807) is 6.07 Å². The molecule has 0 aliphatic carbocycles. The third-order valence-corrected chi connectivity index (χ3v) is 7.70. The molecule has 0 amide bonds. The maximum Gasteiger partial charge on any atom is 0.159 e. The van der Waals surface area contributed by atoms with Gasteiger partial charge in [-0.25, -0.2) is 9.37 Å². The number of hydrogen-bond acceptors (Lipinski definition) is 4. The SMILES string of the molecule is C=C(C1CCN(C)CC1)N1Cc2nc(-c3n[nH]c4cc(-c5cc(F)ccc5CC)ccc34)[nH]c2C1. The molecule has 4 heterocycles. The molecule has 0 unspecified atom stereocenters. The summed E-state index contributed by atoms with van der Waals surface area (Å²) in [6.45, 7) is 10.4. The Morgan fingerprint density at radius 2 is 1.97 bits per heavy atom. The predicted molar refractivity (Wildman–Crippen MR) is 137 cm³/mol. The molecule has 6 nitrogen and oxygen atoms in total. The molecule has 0 radical (unpaired) electrons. The van der Waals surface area contributed by atoms with E-state index in [1.165, 1.54) is 24.6 Å². The molecule has 1 fully saturated rings. The molecule has 7 heteroatoms. The van der Waals surface area contributed by atoms with Gasteiger partial charge in [0.05, 0.1) is 30.0 Å². The molecule has 1 saturated heterocycles. The van der Waals surface area contributed by atoms with Crippen LogP contribution < -0.4 is 0 Å². The second kappa shape index (κ2) is 8.64. The maximum absolute atomic E-state index is 13.9. The molecule has 2 N–H and O–H groups in total. The molecule has 0 atom stereocenters. The van der Waals surface area contributed by atoms with Crippen LogP contribution in [0.25, 0.3) is 33.5 Å². The topological polar surface area (TPSA) is 63.8 Å². The Morgan fingerprint density at radius 3 is 2.74 bits per heavy atom. The largest absolute Gasteiger partial charge is 0.363 e. The Balaban J connectivity index is 1.23. The number of fused-ring (bicyclic) bond motifs is 2. The number of allylic oxidation sites excluding steroid dienone is 1. The Morgan fingerprint density at radius 1 is 1.14 bits per heavy atom. The first-order valence-corrected chi connectivity index (χ1v) is 12.5. The number of aromatic amines is 2. The number of likely N-dealkylation sites (tertiary alicyclic amines) is 1. The van der Waals surface area contributed by atoms with Crippen LogP contribution >= 0.6 is 0 Å². The standard InChI is InChI=1S/C28H31FN6/c1-4-18-5-7-21(29)14-23(18)20-6-8-22-24(13-20)32-33-27(22)28-30-25-15-35(16-26(25)31-28)17(2)19-9-11-34(3)12-10-19/h5-8,13-14,19H,2,4,9-12,15-16H2,1,3H3,(H,30,31)(H,32,33). The number of aromatic nitrogens is 4. The van der Waals surface area contributed by atoms with E-state index in [4.69, 9.17) is 4.98 Å². The fourth-order valence-electron chi connectivity index (χ4n) is 5.54. The van der Waals surface area contributed by atoms with Crippen LogP contribution in [0.15, 0.2) is 48.7 Å². The zero-order chi connectivity index (χ0) is 24.1. The smallest absolute Gasteiger partial charge is 0.159 e. The number of benzene rings is 2. The zero-order valence-electron chi connectivity index (χ0n) is 20.4. The van der Waals surface area contributed by atoms with Crippen molar-refractivity contribution in [1.82, 2.24) is 30.0 Å². The molecule has 0 spiro atoms. The molecular formula is C28H31FN6. The van der Waals surface area contributed by atoms with Crippen molar-refractivity contribution in [2.24, 2.45) is 5.92 Å². The average molecular weight is 471 g/mol. The van der Waals surface area contributed by atoms with Gasteiger partial charge >= 0.3 is 0 Å². The van der Waals surface area contributed by atoms with E-state index < -0.39 is 0 Å². The lowest BCUT2D eigenvalue weighted by atomic mass is 9.93. The second-order valence-corrected chi connectivity index (χ2v) is 9.92. The summed E-state index contributed by atoms with van der Waals surface area (Å²) in [7, 11) is 2.19. The minimum Gasteiger partial charge on any atom is -0.363 e. The van der Waals surface area contributed by atoms with Crippen molar-refractivity contribution in [3.8, 4) is 22.6 Å². The summed E-state index contributed by atoms with van der Waals surface area (Å²) >= 11 is 0. The van der Waals surface area contributed by atoms with Crippen molar-refractivity contribution in [1.29, 1.82) is 0 Å². The maximum atomic E-state index is 13.9. The van der Waals surface area contributed by atoms with E-state index >= 15 is 0 Å². The number of piperidine rings is 1. The number of H-pyrrole nitrogens is 2. The number of halogens is 1. The first-order valence-electron chi connectivity index (χ1n) is 12.5. The summed E-state index contributed by atoms with van der Waals surface area (Å²) in [5, 5.41) is 8.74. The molecule has 35 heavy (non-hydrogen) atoms. The minimum atomic E-state index is -0.222. The van der Waals surface area contributed by atoms with Crippen molar-refractivity contribution in [3.05, 3.63) is 71.4 Å². The summed E-state index contributed by atoms with van der Waals surface area (Å²) in [5.74, 6) is 1.13. The van der Waals surface area contributed by atoms with Crippen LogP contribution in [0.4, 0.5) is 4.39 Å². The van der Waals surface area contributed by atoms with Gasteiger partial charge in [-0.3, -0.25) is 5.10 Å². The molecule has 4 aromatic rings. The minimum absolute atomic E-state index is 0.222. The van der Waals surface area contributed by atoms with Crippen molar-refractivity contribution in [2.45, 2.75) is 39.3 Å². The van der Waals surface area contributed by atoms with Gasteiger partial charge in [0.25, 0.3) is 0 Å². The van der Waals surface area contributed by atoms with Crippen LogP contribution in [0, 0.1) is 11.7 Å². The Bertz CT molecular complexity index is 1380. The van der Waals surface area contributed by atoms with Crippen molar-refractivity contribution in [3.63, 3.8) is 0 Å². The fourth-order valence-corrected chi connectivity index (χ4v) is 5.54. The summed E-state index contributed by atoms with van der Waals surface area (Å²) in [6.07, 6.45) is 3.20. The highest BCUT2D eigenvalue weighted by Gasteiger charge is 2.29. The molecule has 0 saturated carbocycles. The van der Waals surface area contributed by atoms with Gasteiger partial charge in [0, 0.05) is 17.0 Å². The fraction of sp³-hybridized carbons (Fsp3) is 0.357. The molecule has 2 aromatic heterocycles. The summed E-state index contributed by atoms with van der Waals surface area (Å²) < 4.78 is 13.9. The van der Waals surface area contributed by atoms with Gasteiger partial charge in [-0.15, -0.1) is 0 Å². The normalized spacial score (nSPS) is 16.8. The summed E-state index contributed by atoms with van der Waals surface area (Å²) in [6, 6.07) is 11.1. The highest BCUT2D eigenvalue weighted by Crippen LogP contribution is 2.35. The van der Waals surface area contributed by atoms with E-state index in [1.807, 2.05) is 18.2 Å². The Kier molecular flexibility index (Phi) is 5.44. The average Bonchev–Trinajstić information content (AvgIpc) is 3.56. The van der Waals surface area contributed by atoms with Crippen molar-refractivity contribution >= 4 is 10.9 Å². The van der Waals surface area contributed by atoms with Crippen LogP contribution in [-0.2, 0) is 19.5 Å². The predicted octanol–water partition coefficient (Wildman–Crippen LogP) is 5.49. The van der Waals surface area contributed by atoms with Crippen LogP contribution in [0.1, 0.15) is 36.7 Å². The summed E-state index contributed by atoms with van der Waals surface area (Å²) in [5.41, 5.74) is 8.23. The van der Waals surface area contributed by atoms with Crippen LogP contribution in [0.5, 0.6) is 0 Å². The van der Waals surface area contributed by atoms with Gasteiger partial charge < -0.3 is 14.8 Å². The molecular weight excluding hydrogens is 439 g/mol. The quantitative estimate of drug-likeness (QED) is 0.405. The molecule has 2 aliphatic rings. The highest BCUT2D eigenvalue weighted by atomic mass is 19.1. The van der Waals surface area contributed by atoms with Gasteiger partial charge in [0.2, 0.25) is 0 Å². The monoisotopic (exact) mass is 470 g/mol. The van der Waals surface area contributed by atoms with E-state index in [-0.39, 0.29) is 5.82 Å². The third-order valence-electron chi connectivity index (χ3n) is 7.70. The van der Waals surface area contributed by atoms with E-state index in [9.17, 15) is 4.39 Å². The van der Waals surface area contributed by atoms with Gasteiger partial charge in [-0.05, 0) is 80.4 Å². The second-order valence-electron chi connectivity index (χ2n) is 9.92. The lowest BCUT2D eigenvalue weighted by molar-refractivity contribution is 0.203. The van der Waals surface area contributed by atoms with Crippen LogP contribution in [0.3, 0.4) is 0 Å². The van der Waals surface area contributed by atoms with E-state index in [0.29, 0.717) is 5.92 Å². The van der Waals surface area contributed by atoms with Crippen LogP contribution in [-0.4, -0.2) is 50.1 Å². The zero-order valence-corrected chi connectivity index (χ0v) is 20.4. The van der Waals surface area contributed by atoms with Gasteiger partial charge in [0.1, 0.15) is 11.5 Å². The number of nitrogens with zero attached hydrogens (tertiary/aromatic N) is 4. The first kappa shape index (κ1) is 22.0. The first-order chi connectivity index (χ1) is 17.0. The molecule has 2 aromatic carbocycles. The lowest BCUT2D eigenvalue weighted by Gasteiger charge is -2.34. The van der Waals surface area contributed by atoms with Crippen molar-refractivity contribution in [2.75, 3.05) is 20.1 Å². The molecule has 0 bridgehead atoms. The number of nitrogens with one attached hydrogen (secondary N) is 2. The number of rotatable bonds is 5. The Labute approximate surface area is 204 Å². The Hall–Kier alpha value is -3.45. The van der Waals surface area contributed by atoms with Crippen molar-refractivity contribution < 1.29 is 4.39 Å². The highest BCUT2D eigenvalue weighted by molar-refractivity contribution is 5.94.